The zero-order chi connectivity index (χ0) is 20.9. The number of carbonyl (C=O) groups is 1. The first-order chi connectivity index (χ1) is 14.7. The van der Waals surface area contributed by atoms with Crippen LogP contribution in [-0.2, 0) is 4.74 Å². The molecule has 2 N–H and O–H groups in total. The third-order valence-electron chi connectivity index (χ3n) is 5.57. The van der Waals surface area contributed by atoms with Gasteiger partial charge in [-0.2, -0.15) is 0 Å². The van der Waals surface area contributed by atoms with Gasteiger partial charge < -0.3 is 19.9 Å². The molecular formula is C25H25NO4. The maximum atomic E-state index is 12.6. The zero-order valence-electron chi connectivity index (χ0n) is 16.9. The molecule has 154 valence electrons. The Morgan fingerprint density at radius 3 is 2.20 bits per heavy atom. The van der Waals surface area contributed by atoms with Gasteiger partial charge in [0.25, 0.3) is 0 Å². The third kappa shape index (κ3) is 3.89. The average molecular weight is 403 g/mol. The van der Waals surface area contributed by atoms with Crippen LogP contribution in [0.3, 0.4) is 0 Å². The highest BCUT2D eigenvalue weighted by molar-refractivity contribution is 5.79. The molecule has 4 rings (SSSR count). The van der Waals surface area contributed by atoms with E-state index in [4.69, 9.17) is 9.47 Å². The van der Waals surface area contributed by atoms with Crippen LogP contribution < -0.4 is 10.1 Å². The molecule has 0 bridgehead atoms. The van der Waals surface area contributed by atoms with E-state index in [1.165, 1.54) is 22.3 Å². The van der Waals surface area contributed by atoms with Crippen LogP contribution in [0.25, 0.3) is 11.1 Å². The van der Waals surface area contributed by atoms with Gasteiger partial charge in [-0.25, -0.2) is 4.79 Å². The maximum absolute atomic E-state index is 12.6. The second-order valence-electron chi connectivity index (χ2n) is 7.28. The van der Waals surface area contributed by atoms with E-state index in [9.17, 15) is 9.90 Å². The van der Waals surface area contributed by atoms with E-state index >= 15 is 0 Å². The number of alkyl carbamates (subject to hydrolysis) is 1. The summed E-state index contributed by atoms with van der Waals surface area (Å²) in [5.74, 6) is 0.667. The Balaban J connectivity index is 1.48. The topological polar surface area (TPSA) is 67.8 Å². The number of hydrogen-bond donors (Lipinski definition) is 2. The van der Waals surface area contributed by atoms with Crippen molar-refractivity contribution in [1.82, 2.24) is 5.32 Å². The Kier molecular flexibility index (Phi) is 6.00. The summed E-state index contributed by atoms with van der Waals surface area (Å²) in [5, 5.41) is 12.3. The molecule has 1 unspecified atom stereocenters. The molecule has 3 aromatic rings. The molecule has 0 spiro atoms. The molecule has 0 aromatic heterocycles. The minimum Gasteiger partial charge on any atom is -0.496 e. The smallest absolute Gasteiger partial charge is 0.407 e. The van der Waals surface area contributed by atoms with Crippen molar-refractivity contribution in [2.45, 2.75) is 18.4 Å². The van der Waals surface area contributed by atoms with Gasteiger partial charge >= 0.3 is 6.09 Å². The van der Waals surface area contributed by atoms with Crippen LogP contribution in [0.5, 0.6) is 5.75 Å². The summed E-state index contributed by atoms with van der Waals surface area (Å²) in [4.78, 5) is 12.6. The average Bonchev–Trinajstić information content (AvgIpc) is 3.11. The van der Waals surface area contributed by atoms with Crippen molar-refractivity contribution in [3.8, 4) is 16.9 Å². The van der Waals surface area contributed by atoms with Crippen LogP contribution in [0.2, 0.25) is 0 Å². The van der Waals surface area contributed by atoms with E-state index < -0.39 is 12.1 Å². The molecule has 0 saturated heterocycles. The Morgan fingerprint density at radius 1 is 0.967 bits per heavy atom. The first-order valence-corrected chi connectivity index (χ1v) is 10.1. The summed E-state index contributed by atoms with van der Waals surface area (Å²) >= 11 is 0. The summed E-state index contributed by atoms with van der Waals surface area (Å²) in [6, 6.07) is 23.5. The monoisotopic (exact) mass is 403 g/mol. The van der Waals surface area contributed by atoms with Crippen molar-refractivity contribution in [3.05, 3.63) is 89.5 Å². The largest absolute Gasteiger partial charge is 0.496 e. The van der Waals surface area contributed by atoms with E-state index in [1.54, 1.807) is 7.11 Å². The lowest BCUT2D eigenvalue weighted by atomic mass is 9.98. The fraction of sp³-hybridized carbons (Fsp3) is 0.240. The normalized spacial score (nSPS) is 13.3. The van der Waals surface area contributed by atoms with Gasteiger partial charge in [-0.3, -0.25) is 0 Å². The van der Waals surface area contributed by atoms with E-state index in [-0.39, 0.29) is 19.1 Å². The molecule has 1 amide bonds. The zero-order valence-corrected chi connectivity index (χ0v) is 16.9. The van der Waals surface area contributed by atoms with Gasteiger partial charge in [-0.1, -0.05) is 66.7 Å². The highest BCUT2D eigenvalue weighted by atomic mass is 16.5. The minimum absolute atomic E-state index is 0.00528. The number of aliphatic hydroxyl groups is 1. The number of para-hydroxylation sites is 1. The van der Waals surface area contributed by atoms with Gasteiger partial charge in [0.2, 0.25) is 0 Å². The fourth-order valence-electron chi connectivity index (χ4n) is 4.17. The van der Waals surface area contributed by atoms with Gasteiger partial charge in [-0.05, 0) is 34.7 Å². The predicted molar refractivity (Wildman–Crippen MR) is 116 cm³/mol. The van der Waals surface area contributed by atoms with Gasteiger partial charge in [0, 0.05) is 18.1 Å². The molecule has 0 saturated carbocycles. The summed E-state index contributed by atoms with van der Waals surface area (Å²) in [5.41, 5.74) is 5.53. The van der Waals surface area contributed by atoms with Crippen molar-refractivity contribution < 1.29 is 19.4 Å². The standard InChI is InChI=1S/C25H25NO4/c1-29-24-13-7-6-12-21(24)23(14-15-27)26-25(28)30-16-22-19-10-4-2-8-17(19)18-9-3-5-11-20(18)22/h2-13,22-23,27H,14-16H2,1H3,(H,26,28). The van der Waals surface area contributed by atoms with E-state index in [2.05, 4.69) is 29.6 Å². The third-order valence-corrected chi connectivity index (χ3v) is 5.57. The van der Waals surface area contributed by atoms with Crippen LogP contribution in [0.15, 0.2) is 72.8 Å². The van der Waals surface area contributed by atoms with Gasteiger partial charge in [0.15, 0.2) is 0 Å². The number of nitrogens with one attached hydrogen (secondary N) is 1. The SMILES string of the molecule is COc1ccccc1C(CCO)NC(=O)OCC1c2ccccc2-c2ccccc21. The number of hydrogen-bond acceptors (Lipinski definition) is 4. The highest BCUT2D eigenvalue weighted by Gasteiger charge is 2.29. The number of methoxy groups -OCH3 is 1. The minimum atomic E-state index is -0.513. The molecule has 1 aliphatic carbocycles. The molecular weight excluding hydrogens is 378 g/mol. The first kappa shape index (κ1) is 20.0. The predicted octanol–water partition coefficient (Wildman–Crippen LogP) is 4.66. The van der Waals surface area contributed by atoms with E-state index in [0.717, 1.165) is 5.56 Å². The van der Waals surface area contributed by atoms with Crippen LogP contribution in [0.1, 0.15) is 35.1 Å². The lowest BCUT2D eigenvalue weighted by molar-refractivity contribution is 0.136. The van der Waals surface area contributed by atoms with Gasteiger partial charge in [0.05, 0.1) is 13.2 Å². The molecule has 0 radical (unpaired) electrons. The summed E-state index contributed by atoms with van der Waals surface area (Å²) < 4.78 is 11.0. The molecule has 1 atom stereocenters. The van der Waals surface area contributed by atoms with Crippen molar-refractivity contribution in [1.29, 1.82) is 0 Å². The highest BCUT2D eigenvalue weighted by Crippen LogP contribution is 2.44. The van der Waals surface area contributed by atoms with Crippen molar-refractivity contribution >= 4 is 6.09 Å². The quantitative estimate of drug-likeness (QED) is 0.602. The molecule has 1 aliphatic rings. The summed E-state index contributed by atoms with van der Waals surface area (Å²) in [6.45, 7) is 0.185. The van der Waals surface area contributed by atoms with Crippen molar-refractivity contribution in [3.63, 3.8) is 0 Å². The summed E-state index contributed by atoms with van der Waals surface area (Å²) in [6.07, 6.45) is -0.147. The Bertz CT molecular complexity index is 987. The Morgan fingerprint density at radius 2 is 1.57 bits per heavy atom. The molecule has 30 heavy (non-hydrogen) atoms. The number of carbonyl (C=O) groups excluding carboxylic acids is 1. The summed E-state index contributed by atoms with van der Waals surface area (Å²) in [7, 11) is 1.59. The van der Waals surface area contributed by atoms with Crippen LogP contribution in [0, 0.1) is 0 Å². The van der Waals surface area contributed by atoms with Crippen LogP contribution in [-0.4, -0.2) is 31.5 Å². The first-order valence-electron chi connectivity index (χ1n) is 10.1. The number of amides is 1. The number of rotatable bonds is 7. The molecule has 3 aromatic carbocycles. The van der Waals surface area contributed by atoms with Crippen molar-refractivity contribution in [2.75, 3.05) is 20.3 Å². The molecule has 0 aliphatic heterocycles. The maximum Gasteiger partial charge on any atom is 0.407 e. The van der Waals surface area contributed by atoms with E-state index in [0.29, 0.717) is 12.2 Å². The van der Waals surface area contributed by atoms with Crippen LogP contribution in [0.4, 0.5) is 4.79 Å². The Labute approximate surface area is 176 Å². The Hall–Kier alpha value is -3.31. The number of aliphatic hydroxyl groups excluding tert-OH is 1. The molecule has 5 heteroatoms. The van der Waals surface area contributed by atoms with Crippen LogP contribution >= 0.6 is 0 Å². The molecule has 0 fully saturated rings. The lowest BCUT2D eigenvalue weighted by Crippen LogP contribution is -2.31. The second-order valence-corrected chi connectivity index (χ2v) is 7.28. The number of benzene rings is 3. The van der Waals surface area contributed by atoms with Gasteiger partial charge in [0.1, 0.15) is 12.4 Å². The van der Waals surface area contributed by atoms with Gasteiger partial charge in [-0.15, -0.1) is 0 Å². The van der Waals surface area contributed by atoms with Crippen molar-refractivity contribution in [2.24, 2.45) is 0 Å². The number of fused-ring (bicyclic) bond motifs is 3. The number of ether oxygens (including phenoxy) is 2. The second kappa shape index (κ2) is 9.01. The fourth-order valence-corrected chi connectivity index (χ4v) is 4.17. The van der Waals surface area contributed by atoms with E-state index in [1.807, 2.05) is 48.5 Å². The molecule has 0 heterocycles. The molecule has 5 nitrogen and oxygen atoms in total. The lowest BCUT2D eigenvalue weighted by Gasteiger charge is -2.21.